The number of rotatable bonds is 0. The Kier molecular flexibility index (Phi) is 0.170. The molecule has 0 amide bonds. The highest BCUT2D eigenvalue weighted by atomic mass is 28.2. The van der Waals surface area contributed by atoms with Gasteiger partial charge in [0.25, 0.3) is 5.59 Å². The summed E-state index contributed by atoms with van der Waals surface area (Å²) in [5.41, 5.74) is 0.0556. The van der Waals surface area contributed by atoms with Crippen LogP contribution in [0.15, 0.2) is 0 Å². The van der Waals surface area contributed by atoms with Crippen molar-refractivity contribution in [2.24, 2.45) is 0 Å². The maximum Gasteiger partial charge on any atom is 0.344 e. The molecule has 0 aliphatic carbocycles. The highest BCUT2D eigenvalue weighted by Gasteiger charge is 2.17. The number of carbonyl (C=O) groups excluding carboxylic acids is 1. The minimum absolute atomic E-state index is 0.0556. The van der Waals surface area contributed by atoms with Crippen molar-refractivity contribution in [2.75, 3.05) is 0 Å². The van der Waals surface area contributed by atoms with Gasteiger partial charge in [-0.15, -0.1) is 0 Å². The summed E-state index contributed by atoms with van der Waals surface area (Å²) in [6.45, 7) is 0. The topological polar surface area (TPSA) is 29.6 Å². The van der Waals surface area contributed by atoms with Crippen molar-refractivity contribution in [3.8, 4) is 0 Å². The fourth-order valence-electron chi connectivity index (χ4n) is 0.0295. The first-order valence-electron chi connectivity index (χ1n) is 1.05. The van der Waals surface area contributed by atoms with Crippen LogP contribution >= 0.6 is 0 Å². The van der Waals surface area contributed by atoms with Crippen LogP contribution in [0.4, 0.5) is 4.79 Å². The Morgan fingerprint density at radius 2 is 2.25 bits per heavy atom. The molecular formula is CH2O2Si. The summed E-state index contributed by atoms with van der Waals surface area (Å²) in [5, 5.41) is 0. The Balaban J connectivity index is 2.60. The number of hydrogen-bond acceptors (Lipinski definition) is 2. The van der Waals surface area contributed by atoms with Gasteiger partial charge in [-0.3, -0.25) is 4.79 Å². The van der Waals surface area contributed by atoms with Gasteiger partial charge in [0.2, 0.25) is 0 Å². The predicted octanol–water partition coefficient (Wildman–Crippen LogP) is -0.780. The molecule has 1 heterocycles. The van der Waals surface area contributed by atoms with Gasteiger partial charge in [0, 0.05) is 0 Å². The third kappa shape index (κ3) is 0.110. The first kappa shape index (κ1) is 1.96. The lowest BCUT2D eigenvalue weighted by atomic mass is 11.6. The summed E-state index contributed by atoms with van der Waals surface area (Å²) in [6.07, 6.45) is 0. The van der Waals surface area contributed by atoms with Gasteiger partial charge < -0.3 is 4.43 Å². The SMILES string of the molecule is O=C1O[SiH2]1. The fourth-order valence-corrected chi connectivity index (χ4v) is 0.0884. The van der Waals surface area contributed by atoms with E-state index in [1.165, 1.54) is 0 Å². The van der Waals surface area contributed by atoms with Crippen molar-refractivity contribution in [3.05, 3.63) is 0 Å². The minimum atomic E-state index is -0.548. The zero-order valence-electron chi connectivity index (χ0n) is 2.02. The van der Waals surface area contributed by atoms with Gasteiger partial charge in [-0.05, 0) is 0 Å². The Morgan fingerprint density at radius 1 is 2.00 bits per heavy atom. The molecule has 0 bridgehead atoms. The van der Waals surface area contributed by atoms with E-state index in [2.05, 4.69) is 4.43 Å². The summed E-state index contributed by atoms with van der Waals surface area (Å²) >= 11 is 0. The molecule has 0 saturated carbocycles. The van der Waals surface area contributed by atoms with Crippen LogP contribution in [0.5, 0.6) is 0 Å². The Bertz CT molecular complexity index is 44.0. The molecule has 1 aliphatic heterocycles. The van der Waals surface area contributed by atoms with Crippen molar-refractivity contribution in [1.82, 2.24) is 0 Å². The van der Waals surface area contributed by atoms with E-state index >= 15 is 0 Å². The fraction of sp³-hybridized carbons (Fsp3) is 0. The van der Waals surface area contributed by atoms with E-state index in [1.54, 1.807) is 0 Å². The minimum Gasteiger partial charge on any atom is -0.514 e. The molecule has 3 heteroatoms. The smallest absolute Gasteiger partial charge is 0.344 e. The number of hydrogen-bond donors (Lipinski definition) is 0. The lowest BCUT2D eigenvalue weighted by Gasteiger charge is -1.37. The van der Waals surface area contributed by atoms with E-state index in [0.717, 1.165) is 0 Å². The summed E-state index contributed by atoms with van der Waals surface area (Å²) in [6, 6.07) is 0. The molecule has 0 atom stereocenters. The maximum atomic E-state index is 9.40. The van der Waals surface area contributed by atoms with Crippen LogP contribution in [0.1, 0.15) is 0 Å². The second-order valence-corrected chi connectivity index (χ2v) is 1.82. The monoisotopic (exact) mass is 74.0 g/mol. The lowest BCUT2D eigenvalue weighted by Crippen LogP contribution is -1.47. The molecule has 0 spiro atoms. The van der Waals surface area contributed by atoms with Crippen LogP contribution in [0.3, 0.4) is 0 Å². The Hall–Kier alpha value is -0.313. The second-order valence-electron chi connectivity index (χ2n) is 0.661. The molecule has 1 saturated heterocycles. The Labute approximate surface area is 25.7 Å². The average molecular weight is 74.1 g/mol. The van der Waals surface area contributed by atoms with Gasteiger partial charge in [-0.25, -0.2) is 0 Å². The first-order valence-corrected chi connectivity index (χ1v) is 2.33. The third-order valence-electron chi connectivity index (χ3n) is 0.262. The molecule has 0 aromatic rings. The third-order valence-corrected chi connectivity index (χ3v) is 0.787. The van der Waals surface area contributed by atoms with Gasteiger partial charge in [0.05, 0.1) is 0 Å². The maximum absolute atomic E-state index is 9.40. The molecule has 0 radical (unpaired) electrons. The van der Waals surface area contributed by atoms with Crippen LogP contribution < -0.4 is 0 Å². The second kappa shape index (κ2) is 0.348. The zero-order chi connectivity index (χ0) is 2.99. The average Bonchev–Trinajstić information content (AvgIpc) is 1.75. The quantitative estimate of drug-likeness (QED) is 0.278. The van der Waals surface area contributed by atoms with Crippen molar-refractivity contribution in [2.45, 2.75) is 0 Å². The van der Waals surface area contributed by atoms with Gasteiger partial charge >= 0.3 is 9.76 Å². The largest absolute Gasteiger partial charge is 0.514 e. The van der Waals surface area contributed by atoms with E-state index in [-0.39, 0.29) is 5.59 Å². The van der Waals surface area contributed by atoms with Crippen LogP contribution in [0.25, 0.3) is 0 Å². The van der Waals surface area contributed by atoms with Gasteiger partial charge in [-0.2, -0.15) is 0 Å². The molecule has 0 aromatic heterocycles. The molecule has 1 rings (SSSR count). The van der Waals surface area contributed by atoms with Crippen molar-refractivity contribution < 1.29 is 9.22 Å². The summed E-state index contributed by atoms with van der Waals surface area (Å²) in [7, 11) is -0.548. The van der Waals surface area contributed by atoms with Crippen molar-refractivity contribution in [1.29, 1.82) is 0 Å². The van der Waals surface area contributed by atoms with E-state index < -0.39 is 9.76 Å². The summed E-state index contributed by atoms with van der Waals surface area (Å²) in [4.78, 5) is 9.40. The molecule has 1 aliphatic rings. The summed E-state index contributed by atoms with van der Waals surface area (Å²) < 4.78 is 4.21. The highest BCUT2D eigenvalue weighted by Crippen LogP contribution is 1.89. The molecule has 0 aromatic carbocycles. The zero-order valence-corrected chi connectivity index (χ0v) is 3.44. The molecule has 0 unspecified atom stereocenters. The first-order chi connectivity index (χ1) is 1.89. The molecule has 2 nitrogen and oxygen atoms in total. The van der Waals surface area contributed by atoms with Crippen LogP contribution in [0, 0.1) is 0 Å². The van der Waals surface area contributed by atoms with Crippen molar-refractivity contribution >= 4 is 15.4 Å². The van der Waals surface area contributed by atoms with Crippen LogP contribution in [-0.4, -0.2) is 15.4 Å². The van der Waals surface area contributed by atoms with E-state index in [9.17, 15) is 4.79 Å². The van der Waals surface area contributed by atoms with Gasteiger partial charge in [0.1, 0.15) is 0 Å². The Morgan fingerprint density at radius 3 is 2.25 bits per heavy atom. The predicted molar refractivity (Wildman–Crippen MR) is 15.0 cm³/mol. The van der Waals surface area contributed by atoms with E-state index in [1.807, 2.05) is 0 Å². The molecule has 1 fully saturated rings. The molecule has 4 heavy (non-hydrogen) atoms. The van der Waals surface area contributed by atoms with E-state index in [4.69, 9.17) is 0 Å². The van der Waals surface area contributed by atoms with Gasteiger partial charge in [0.15, 0.2) is 0 Å². The van der Waals surface area contributed by atoms with Crippen molar-refractivity contribution in [3.63, 3.8) is 0 Å². The van der Waals surface area contributed by atoms with E-state index in [0.29, 0.717) is 0 Å². The highest BCUT2D eigenvalue weighted by molar-refractivity contribution is 6.82. The van der Waals surface area contributed by atoms with Crippen LogP contribution in [-0.2, 0) is 4.43 Å². The molecule has 0 N–H and O–H groups in total. The standard InChI is InChI=1S/CH2O2Si/c2-1-3-4-1/h4H2. The van der Waals surface area contributed by atoms with Gasteiger partial charge in [-0.1, -0.05) is 0 Å². The molecule has 22 valence electrons. The number of carbonyl (C=O) groups is 1. The van der Waals surface area contributed by atoms with Crippen LogP contribution in [0.2, 0.25) is 0 Å². The lowest BCUT2D eigenvalue weighted by molar-refractivity contribution is 0.249. The summed E-state index contributed by atoms with van der Waals surface area (Å²) in [5.74, 6) is 0. The molecular weight excluding hydrogens is 72.1 g/mol. The normalized spacial score (nSPS) is 25.5.